The minimum Gasteiger partial charge on any atom is -0.354 e. The van der Waals surface area contributed by atoms with Gasteiger partial charge in [0.05, 0.1) is 11.7 Å². The number of rotatable bonds is 5. The minimum absolute atomic E-state index is 0.0434. The molecule has 0 unspecified atom stereocenters. The Kier molecular flexibility index (Phi) is 5.17. The lowest BCUT2D eigenvalue weighted by molar-refractivity contribution is -0.128. The molecule has 0 radical (unpaired) electrons. The second-order valence-corrected chi connectivity index (χ2v) is 6.67. The van der Waals surface area contributed by atoms with Gasteiger partial charge in [0.2, 0.25) is 11.8 Å². The van der Waals surface area contributed by atoms with E-state index in [2.05, 4.69) is 15.7 Å². The third-order valence-corrected chi connectivity index (χ3v) is 4.87. The van der Waals surface area contributed by atoms with Gasteiger partial charge < -0.3 is 10.6 Å². The lowest BCUT2D eigenvalue weighted by Gasteiger charge is -2.15. The van der Waals surface area contributed by atoms with E-state index in [4.69, 9.17) is 0 Å². The summed E-state index contributed by atoms with van der Waals surface area (Å²) in [5.41, 5.74) is 1.10. The van der Waals surface area contributed by atoms with E-state index in [0.717, 1.165) is 29.6 Å². The molecule has 1 aromatic carbocycles. The van der Waals surface area contributed by atoms with E-state index >= 15 is 0 Å². The van der Waals surface area contributed by atoms with Gasteiger partial charge in [-0.25, -0.2) is 0 Å². The molecule has 1 fully saturated rings. The van der Waals surface area contributed by atoms with E-state index < -0.39 is 6.04 Å². The molecule has 0 saturated carbocycles. The zero-order chi connectivity index (χ0) is 16.1. The molecule has 1 aliphatic rings. The molecule has 2 heterocycles. The number of carbonyl (C=O) groups is 2. The highest BCUT2D eigenvalue weighted by Crippen LogP contribution is 2.13. The number of carbonyl (C=O) groups excluding carboxylic acids is 2. The fraction of sp³-hybridized carbons (Fsp3) is 0.438. The number of amides is 2. The van der Waals surface area contributed by atoms with Crippen LogP contribution in [0.5, 0.6) is 0 Å². The van der Waals surface area contributed by atoms with Crippen molar-refractivity contribution in [2.75, 3.05) is 18.1 Å². The molecule has 23 heavy (non-hydrogen) atoms. The fourth-order valence-corrected chi connectivity index (χ4v) is 3.55. The van der Waals surface area contributed by atoms with Crippen LogP contribution in [0.4, 0.5) is 0 Å². The van der Waals surface area contributed by atoms with Gasteiger partial charge in [-0.1, -0.05) is 18.2 Å². The van der Waals surface area contributed by atoms with E-state index in [0.29, 0.717) is 18.7 Å². The number of nitrogens with zero attached hydrogens (tertiary/aromatic N) is 2. The van der Waals surface area contributed by atoms with Crippen LogP contribution < -0.4 is 10.6 Å². The molecule has 7 heteroatoms. The average molecular weight is 332 g/mol. The standard InChI is InChI=1S/C16H20N4O2S/c21-15-6-9-23-11-13(19-15)16(22)17-7-3-8-20-14-5-2-1-4-12(14)10-18-20/h1-2,4-5,10,13H,3,6-9,11H2,(H,17,22)(H,19,21)/t13-/m0/s1. The van der Waals surface area contributed by atoms with Crippen molar-refractivity contribution < 1.29 is 9.59 Å². The summed E-state index contributed by atoms with van der Waals surface area (Å²) in [6.07, 6.45) is 3.14. The first-order chi connectivity index (χ1) is 11.2. The Bertz CT molecular complexity index is 700. The molecule has 2 N–H and O–H groups in total. The monoisotopic (exact) mass is 332 g/mol. The summed E-state index contributed by atoms with van der Waals surface area (Å²) in [7, 11) is 0. The molecule has 1 saturated heterocycles. The van der Waals surface area contributed by atoms with Crippen LogP contribution in [0.25, 0.3) is 10.9 Å². The van der Waals surface area contributed by atoms with Crippen molar-refractivity contribution in [2.45, 2.75) is 25.4 Å². The van der Waals surface area contributed by atoms with Crippen molar-refractivity contribution in [1.82, 2.24) is 20.4 Å². The highest BCUT2D eigenvalue weighted by atomic mass is 32.2. The maximum atomic E-state index is 12.1. The number of para-hydroxylation sites is 1. The van der Waals surface area contributed by atoms with Crippen molar-refractivity contribution in [2.24, 2.45) is 0 Å². The number of nitrogens with one attached hydrogen (secondary N) is 2. The molecule has 2 aromatic rings. The largest absolute Gasteiger partial charge is 0.354 e. The summed E-state index contributed by atoms with van der Waals surface area (Å²) in [6, 6.07) is 7.65. The van der Waals surface area contributed by atoms with Crippen molar-refractivity contribution in [3.05, 3.63) is 30.5 Å². The Morgan fingerprint density at radius 1 is 1.43 bits per heavy atom. The van der Waals surface area contributed by atoms with Gasteiger partial charge in [-0.15, -0.1) is 0 Å². The van der Waals surface area contributed by atoms with Crippen molar-refractivity contribution in [3.8, 4) is 0 Å². The topological polar surface area (TPSA) is 76.0 Å². The van der Waals surface area contributed by atoms with Crippen molar-refractivity contribution in [1.29, 1.82) is 0 Å². The molecule has 0 spiro atoms. The van der Waals surface area contributed by atoms with Gasteiger partial charge in [-0.05, 0) is 12.5 Å². The minimum atomic E-state index is -0.416. The summed E-state index contributed by atoms with van der Waals surface area (Å²) in [5, 5.41) is 11.2. The molecule has 1 aromatic heterocycles. The molecule has 3 rings (SSSR count). The summed E-state index contributed by atoms with van der Waals surface area (Å²) >= 11 is 1.64. The average Bonchev–Trinajstić information content (AvgIpc) is 2.84. The second kappa shape index (κ2) is 7.50. The Balaban J connectivity index is 1.46. The smallest absolute Gasteiger partial charge is 0.243 e. The van der Waals surface area contributed by atoms with Gasteiger partial charge in [0.1, 0.15) is 6.04 Å². The Hall–Kier alpha value is -2.02. The van der Waals surface area contributed by atoms with E-state index in [1.165, 1.54) is 0 Å². The molecule has 6 nitrogen and oxygen atoms in total. The van der Waals surface area contributed by atoms with E-state index in [9.17, 15) is 9.59 Å². The number of thioether (sulfide) groups is 1. The van der Waals surface area contributed by atoms with Crippen molar-refractivity contribution in [3.63, 3.8) is 0 Å². The molecule has 122 valence electrons. The van der Waals surface area contributed by atoms with E-state index in [1.54, 1.807) is 11.8 Å². The third-order valence-electron chi connectivity index (χ3n) is 3.81. The van der Waals surface area contributed by atoms with E-state index in [-0.39, 0.29) is 11.8 Å². The van der Waals surface area contributed by atoms with Gasteiger partial charge in [0, 0.05) is 36.4 Å². The SMILES string of the molecule is O=C1CCSC[C@@H](C(=O)NCCCn2ncc3ccccc32)N1. The maximum Gasteiger partial charge on any atom is 0.243 e. The zero-order valence-electron chi connectivity index (χ0n) is 12.8. The Morgan fingerprint density at radius 2 is 2.30 bits per heavy atom. The molecular weight excluding hydrogens is 312 g/mol. The number of benzene rings is 1. The van der Waals surface area contributed by atoms with Crippen LogP contribution in [0.1, 0.15) is 12.8 Å². The van der Waals surface area contributed by atoms with Crippen LogP contribution in [-0.2, 0) is 16.1 Å². The first-order valence-electron chi connectivity index (χ1n) is 7.79. The van der Waals surface area contributed by atoms with Gasteiger partial charge in [-0.3, -0.25) is 14.3 Å². The van der Waals surface area contributed by atoms with E-state index in [1.807, 2.05) is 35.1 Å². The number of fused-ring (bicyclic) bond motifs is 1. The van der Waals surface area contributed by atoms with Crippen molar-refractivity contribution >= 4 is 34.5 Å². The summed E-state index contributed by atoms with van der Waals surface area (Å²) in [6.45, 7) is 1.32. The lowest BCUT2D eigenvalue weighted by Crippen LogP contribution is -2.47. The second-order valence-electron chi connectivity index (χ2n) is 5.52. The predicted molar refractivity (Wildman–Crippen MR) is 91.2 cm³/mol. The fourth-order valence-electron chi connectivity index (χ4n) is 2.58. The lowest BCUT2D eigenvalue weighted by atomic mass is 10.2. The quantitative estimate of drug-likeness (QED) is 0.806. The number of hydrogen-bond acceptors (Lipinski definition) is 4. The summed E-state index contributed by atoms with van der Waals surface area (Å²) < 4.78 is 1.95. The van der Waals surface area contributed by atoms with Gasteiger partial charge in [0.25, 0.3) is 0 Å². The Morgan fingerprint density at radius 3 is 3.22 bits per heavy atom. The molecule has 0 bridgehead atoms. The number of aromatic nitrogens is 2. The highest BCUT2D eigenvalue weighted by Gasteiger charge is 2.22. The molecule has 1 atom stereocenters. The van der Waals surface area contributed by atoms with Crippen LogP contribution in [0.15, 0.2) is 30.5 Å². The third kappa shape index (κ3) is 4.04. The predicted octanol–water partition coefficient (Wildman–Crippen LogP) is 1.16. The molecule has 1 aliphatic heterocycles. The molecular formula is C16H20N4O2S. The van der Waals surface area contributed by atoms with Crippen LogP contribution in [-0.4, -0.2) is 45.7 Å². The van der Waals surface area contributed by atoms with Crippen LogP contribution in [0.2, 0.25) is 0 Å². The summed E-state index contributed by atoms with van der Waals surface area (Å²) in [4.78, 5) is 23.6. The maximum absolute atomic E-state index is 12.1. The first-order valence-corrected chi connectivity index (χ1v) is 8.95. The number of aryl methyl sites for hydroxylation is 1. The number of hydrogen-bond donors (Lipinski definition) is 2. The normalized spacial score (nSPS) is 18.4. The molecule has 0 aliphatic carbocycles. The van der Waals surface area contributed by atoms with Crippen LogP contribution >= 0.6 is 11.8 Å². The van der Waals surface area contributed by atoms with Gasteiger partial charge >= 0.3 is 0 Å². The zero-order valence-corrected chi connectivity index (χ0v) is 13.6. The Labute approximate surface area is 139 Å². The van der Waals surface area contributed by atoms with Crippen LogP contribution in [0, 0.1) is 0 Å². The highest BCUT2D eigenvalue weighted by molar-refractivity contribution is 7.99. The van der Waals surface area contributed by atoms with Crippen LogP contribution in [0.3, 0.4) is 0 Å². The van der Waals surface area contributed by atoms with Gasteiger partial charge in [-0.2, -0.15) is 16.9 Å². The van der Waals surface area contributed by atoms with Gasteiger partial charge in [0.15, 0.2) is 0 Å². The molecule has 2 amide bonds. The summed E-state index contributed by atoms with van der Waals surface area (Å²) in [5.74, 6) is 1.28. The first kappa shape index (κ1) is 15.9.